The number of halogens is 2. The molecular weight excluding hydrogens is 488 g/mol. The zero-order valence-electron chi connectivity index (χ0n) is 15.5. The van der Waals surface area contributed by atoms with Crippen LogP contribution in [0.1, 0.15) is 37.8 Å². The Balaban J connectivity index is 1.78. The number of nitrogens with zero attached hydrogens (tertiary/aromatic N) is 2. The summed E-state index contributed by atoms with van der Waals surface area (Å²) in [5.41, 5.74) is 8.09. The zero-order chi connectivity index (χ0) is 20.5. The van der Waals surface area contributed by atoms with Gasteiger partial charge in [0.1, 0.15) is 0 Å². The van der Waals surface area contributed by atoms with Gasteiger partial charge in [-0.3, -0.25) is 9.59 Å². The second-order valence-corrected chi connectivity index (χ2v) is 7.81. The number of carbonyl (C=O) groups is 2. The molecule has 0 unspecified atom stereocenters. The Morgan fingerprint density at radius 2 is 1.04 bits per heavy atom. The Hall–Kier alpha value is -2.32. The lowest BCUT2D eigenvalue weighted by atomic mass is 10.1. The average molecular weight is 508 g/mol. The van der Waals surface area contributed by atoms with E-state index in [4.69, 9.17) is 0 Å². The Morgan fingerprint density at radius 1 is 0.714 bits per heavy atom. The normalized spacial score (nSPS) is 11.9. The molecule has 0 aliphatic carbocycles. The largest absolute Gasteiger partial charge is 0.273 e. The van der Waals surface area contributed by atoms with E-state index in [9.17, 15) is 9.59 Å². The summed E-state index contributed by atoms with van der Waals surface area (Å²) in [6.07, 6.45) is 0.0472. The fourth-order valence-corrected chi connectivity index (χ4v) is 2.67. The first-order valence-electron chi connectivity index (χ1n) is 8.53. The van der Waals surface area contributed by atoms with E-state index in [2.05, 4.69) is 52.9 Å². The first-order valence-corrected chi connectivity index (χ1v) is 10.1. The number of hydrazone groups is 2. The molecule has 0 saturated carbocycles. The standard InChI is InChI=1S/C20H20Br2N4O2/c1-13(15-3-7-17(21)8-4-15)23-25-19(27)11-12-20(28)26-24-14(2)16-5-9-18(22)10-6-16/h3-10H,11-12H2,1-2H3,(H,25,27)(H,26,28)/b23-13-,24-14-. The van der Waals surface area contributed by atoms with E-state index in [1.165, 1.54) is 0 Å². The van der Waals surface area contributed by atoms with E-state index >= 15 is 0 Å². The molecule has 146 valence electrons. The maximum Gasteiger partial charge on any atom is 0.240 e. The third-order valence-electron chi connectivity index (χ3n) is 3.80. The smallest absolute Gasteiger partial charge is 0.240 e. The van der Waals surface area contributed by atoms with Crippen LogP contribution in [0, 0.1) is 0 Å². The molecule has 8 heteroatoms. The van der Waals surface area contributed by atoms with Crippen LogP contribution >= 0.6 is 31.9 Å². The Kier molecular flexibility index (Phi) is 8.53. The Bertz CT molecular complexity index is 816. The molecule has 28 heavy (non-hydrogen) atoms. The third-order valence-corrected chi connectivity index (χ3v) is 4.86. The topological polar surface area (TPSA) is 82.9 Å². The molecule has 2 rings (SSSR count). The van der Waals surface area contributed by atoms with Gasteiger partial charge in [-0.15, -0.1) is 0 Å². The number of carbonyl (C=O) groups excluding carboxylic acids is 2. The van der Waals surface area contributed by atoms with Crippen LogP contribution in [0.2, 0.25) is 0 Å². The van der Waals surface area contributed by atoms with E-state index in [0.717, 1.165) is 20.1 Å². The van der Waals surface area contributed by atoms with Crippen molar-refractivity contribution >= 4 is 55.1 Å². The molecule has 0 bridgehead atoms. The summed E-state index contributed by atoms with van der Waals surface area (Å²) in [5, 5.41) is 8.12. The third kappa shape index (κ3) is 7.36. The van der Waals surface area contributed by atoms with Crippen LogP contribution in [0.25, 0.3) is 0 Å². The van der Waals surface area contributed by atoms with E-state index in [-0.39, 0.29) is 24.7 Å². The number of nitrogens with one attached hydrogen (secondary N) is 2. The van der Waals surface area contributed by atoms with Crippen LogP contribution in [0.3, 0.4) is 0 Å². The minimum atomic E-state index is -0.333. The summed E-state index contributed by atoms with van der Waals surface area (Å²) < 4.78 is 1.94. The van der Waals surface area contributed by atoms with Gasteiger partial charge in [0.2, 0.25) is 11.8 Å². The van der Waals surface area contributed by atoms with Gasteiger partial charge >= 0.3 is 0 Å². The summed E-state index contributed by atoms with van der Waals surface area (Å²) in [4.78, 5) is 23.8. The molecular formula is C20H20Br2N4O2. The van der Waals surface area contributed by atoms with Gasteiger partial charge < -0.3 is 0 Å². The number of amides is 2. The van der Waals surface area contributed by atoms with Crippen LogP contribution in [-0.4, -0.2) is 23.2 Å². The molecule has 0 spiro atoms. The van der Waals surface area contributed by atoms with Crippen molar-refractivity contribution in [1.82, 2.24) is 10.9 Å². The predicted octanol–water partition coefficient (Wildman–Crippen LogP) is 4.37. The van der Waals surface area contributed by atoms with Gasteiger partial charge in [0.25, 0.3) is 0 Å². The van der Waals surface area contributed by atoms with Gasteiger partial charge in [-0.2, -0.15) is 10.2 Å². The second-order valence-electron chi connectivity index (χ2n) is 5.98. The molecule has 0 aliphatic heterocycles. The SMILES string of the molecule is C/C(=N/NC(=O)CCC(=O)N/N=C(/C)c1ccc(Br)cc1)c1ccc(Br)cc1. The van der Waals surface area contributed by atoms with Crippen LogP contribution in [0.5, 0.6) is 0 Å². The molecule has 2 aromatic rings. The number of hydrogen-bond acceptors (Lipinski definition) is 4. The average Bonchev–Trinajstić information content (AvgIpc) is 2.69. The molecule has 0 radical (unpaired) electrons. The number of hydrogen-bond donors (Lipinski definition) is 2. The molecule has 0 aromatic heterocycles. The van der Waals surface area contributed by atoms with Crippen molar-refractivity contribution < 1.29 is 9.59 Å². The van der Waals surface area contributed by atoms with Crippen LogP contribution < -0.4 is 10.9 Å². The molecule has 6 nitrogen and oxygen atoms in total. The van der Waals surface area contributed by atoms with Gasteiger partial charge in [-0.1, -0.05) is 56.1 Å². The second kappa shape index (κ2) is 10.9. The quantitative estimate of drug-likeness (QED) is 0.430. The summed E-state index contributed by atoms with van der Waals surface area (Å²) in [5.74, 6) is -0.666. The molecule has 2 amide bonds. The molecule has 2 aromatic carbocycles. The minimum Gasteiger partial charge on any atom is -0.273 e. The molecule has 0 atom stereocenters. The van der Waals surface area contributed by atoms with Crippen molar-refractivity contribution in [3.63, 3.8) is 0 Å². The number of rotatable bonds is 7. The highest BCUT2D eigenvalue weighted by Crippen LogP contribution is 2.12. The highest BCUT2D eigenvalue weighted by molar-refractivity contribution is 9.10. The highest BCUT2D eigenvalue weighted by Gasteiger charge is 2.07. The first kappa shape index (κ1) is 22.0. The summed E-state index contributed by atoms with van der Waals surface area (Å²) in [6.45, 7) is 3.60. The Morgan fingerprint density at radius 3 is 1.36 bits per heavy atom. The van der Waals surface area contributed by atoms with Gasteiger partial charge in [-0.05, 0) is 49.2 Å². The van der Waals surface area contributed by atoms with Crippen LogP contribution in [0.4, 0.5) is 0 Å². The lowest BCUT2D eigenvalue weighted by Gasteiger charge is -2.04. The van der Waals surface area contributed by atoms with Gasteiger partial charge in [0.05, 0.1) is 11.4 Å². The first-order chi connectivity index (χ1) is 13.3. The predicted molar refractivity (Wildman–Crippen MR) is 118 cm³/mol. The molecule has 0 saturated heterocycles. The van der Waals surface area contributed by atoms with Gasteiger partial charge in [0.15, 0.2) is 0 Å². The van der Waals surface area contributed by atoms with Gasteiger partial charge in [-0.25, -0.2) is 10.9 Å². The summed E-state index contributed by atoms with van der Waals surface area (Å²) in [6, 6.07) is 15.2. The molecule has 0 heterocycles. The van der Waals surface area contributed by atoms with E-state index in [1.807, 2.05) is 48.5 Å². The van der Waals surface area contributed by atoms with Crippen molar-refractivity contribution in [3.8, 4) is 0 Å². The van der Waals surface area contributed by atoms with Crippen molar-refractivity contribution in [2.24, 2.45) is 10.2 Å². The summed E-state index contributed by atoms with van der Waals surface area (Å²) >= 11 is 6.74. The van der Waals surface area contributed by atoms with Crippen LogP contribution in [0.15, 0.2) is 67.7 Å². The van der Waals surface area contributed by atoms with Crippen molar-refractivity contribution in [1.29, 1.82) is 0 Å². The van der Waals surface area contributed by atoms with Crippen molar-refractivity contribution in [2.45, 2.75) is 26.7 Å². The fraction of sp³-hybridized carbons (Fsp3) is 0.200. The Labute approximate surface area is 180 Å². The zero-order valence-corrected chi connectivity index (χ0v) is 18.7. The lowest BCUT2D eigenvalue weighted by Crippen LogP contribution is -2.24. The van der Waals surface area contributed by atoms with Crippen molar-refractivity contribution in [3.05, 3.63) is 68.6 Å². The maximum absolute atomic E-state index is 11.9. The molecule has 0 aliphatic rings. The highest BCUT2D eigenvalue weighted by atomic mass is 79.9. The molecule has 2 N–H and O–H groups in total. The van der Waals surface area contributed by atoms with Crippen LogP contribution in [-0.2, 0) is 9.59 Å². The van der Waals surface area contributed by atoms with E-state index in [0.29, 0.717) is 11.4 Å². The van der Waals surface area contributed by atoms with E-state index < -0.39 is 0 Å². The maximum atomic E-state index is 11.9. The monoisotopic (exact) mass is 506 g/mol. The fourth-order valence-electron chi connectivity index (χ4n) is 2.14. The molecule has 0 fully saturated rings. The number of benzene rings is 2. The van der Waals surface area contributed by atoms with E-state index in [1.54, 1.807) is 13.8 Å². The summed E-state index contributed by atoms with van der Waals surface area (Å²) in [7, 11) is 0. The van der Waals surface area contributed by atoms with Gasteiger partial charge in [0, 0.05) is 21.8 Å². The van der Waals surface area contributed by atoms with Crippen molar-refractivity contribution in [2.75, 3.05) is 0 Å². The minimum absolute atomic E-state index is 0.0236. The lowest BCUT2D eigenvalue weighted by molar-refractivity contribution is -0.126.